The van der Waals surface area contributed by atoms with E-state index in [1.54, 1.807) is 4.52 Å². The highest BCUT2D eigenvalue weighted by Crippen LogP contribution is 2.38. The molecule has 202 valence electrons. The predicted octanol–water partition coefficient (Wildman–Crippen LogP) is 5.23. The highest BCUT2D eigenvalue weighted by Gasteiger charge is 2.38. The van der Waals surface area contributed by atoms with Crippen LogP contribution < -0.4 is 16.5 Å². The van der Waals surface area contributed by atoms with Crippen LogP contribution in [-0.4, -0.2) is 24.2 Å². The van der Waals surface area contributed by atoms with Crippen LogP contribution in [0.15, 0.2) is 41.2 Å². The molecule has 0 spiro atoms. The minimum absolute atomic E-state index is 0.0473. The monoisotopic (exact) mass is 523 g/mol. The summed E-state index contributed by atoms with van der Waals surface area (Å²) in [6.45, 7) is 0. The van der Waals surface area contributed by atoms with Gasteiger partial charge >= 0.3 is 0 Å². The van der Waals surface area contributed by atoms with Gasteiger partial charge in [0.2, 0.25) is 0 Å². The predicted molar refractivity (Wildman–Crippen MR) is 152 cm³/mol. The molecule has 4 heterocycles. The average molecular weight is 524 g/mol. The molecular formula is C31H37N7O. The van der Waals surface area contributed by atoms with Crippen molar-refractivity contribution in [2.45, 2.75) is 89.5 Å². The second kappa shape index (κ2) is 9.50. The zero-order chi connectivity index (χ0) is 26.7. The van der Waals surface area contributed by atoms with E-state index < -0.39 is 0 Å². The zero-order valence-electron chi connectivity index (χ0n) is 22.5. The van der Waals surface area contributed by atoms with Crippen LogP contribution in [0.1, 0.15) is 87.9 Å². The molecule has 0 bridgehead atoms. The third-order valence-corrected chi connectivity index (χ3v) is 9.43. The molecule has 1 saturated carbocycles. The van der Waals surface area contributed by atoms with Gasteiger partial charge in [-0.3, -0.25) is 25.7 Å². The summed E-state index contributed by atoms with van der Waals surface area (Å²) in [4.78, 5) is 13.4. The van der Waals surface area contributed by atoms with Crippen LogP contribution in [0.5, 0.6) is 0 Å². The van der Waals surface area contributed by atoms with Gasteiger partial charge in [-0.2, -0.15) is 4.52 Å². The summed E-state index contributed by atoms with van der Waals surface area (Å²) in [5.41, 5.74) is 4.29. The van der Waals surface area contributed by atoms with E-state index in [0.29, 0.717) is 11.3 Å². The normalized spacial score (nSPS) is 21.9. The van der Waals surface area contributed by atoms with Crippen molar-refractivity contribution in [1.82, 2.24) is 18.4 Å². The Morgan fingerprint density at radius 3 is 2.13 bits per heavy atom. The fraction of sp³-hybridized carbons (Fsp3) is 0.484. The van der Waals surface area contributed by atoms with Gasteiger partial charge in [-0.05, 0) is 62.8 Å². The van der Waals surface area contributed by atoms with Crippen LogP contribution in [-0.2, 0) is 12.8 Å². The summed E-state index contributed by atoms with van der Waals surface area (Å²) in [6, 6.07) is 12.1. The smallest absolute Gasteiger partial charge is 0.276 e. The quantitative estimate of drug-likeness (QED) is 0.288. The van der Waals surface area contributed by atoms with E-state index in [9.17, 15) is 4.79 Å². The molecule has 4 aromatic rings. The van der Waals surface area contributed by atoms with Gasteiger partial charge in [0.25, 0.3) is 5.56 Å². The molecular weight excluding hydrogens is 486 g/mol. The van der Waals surface area contributed by atoms with Crippen molar-refractivity contribution in [2.75, 3.05) is 0 Å². The molecule has 7 rings (SSSR count). The Bertz CT molecular complexity index is 1850. The molecule has 0 radical (unpaired) electrons. The Hall–Kier alpha value is -3.68. The number of hydrogen-bond acceptors (Lipinski definition) is 4. The van der Waals surface area contributed by atoms with Crippen LogP contribution in [0, 0.1) is 22.1 Å². The van der Waals surface area contributed by atoms with E-state index in [0.717, 1.165) is 90.9 Å². The van der Waals surface area contributed by atoms with Gasteiger partial charge in [0.1, 0.15) is 5.84 Å². The molecule has 8 heteroatoms. The largest absolute Gasteiger partial charge is 0.286 e. The number of hydrogen-bond donors (Lipinski definition) is 3. The van der Waals surface area contributed by atoms with Crippen molar-refractivity contribution in [1.29, 1.82) is 16.2 Å². The van der Waals surface area contributed by atoms with E-state index in [2.05, 4.69) is 10.7 Å². The molecule has 2 aliphatic carbocycles. The maximum absolute atomic E-state index is 13.4. The van der Waals surface area contributed by atoms with E-state index >= 15 is 0 Å². The lowest BCUT2D eigenvalue weighted by molar-refractivity contribution is 0.372. The van der Waals surface area contributed by atoms with Crippen molar-refractivity contribution >= 4 is 27.6 Å². The average Bonchev–Trinajstić information content (AvgIpc) is 3.55. The van der Waals surface area contributed by atoms with Crippen molar-refractivity contribution in [2.24, 2.45) is 5.92 Å². The molecule has 1 aromatic carbocycles. The molecule has 1 aliphatic heterocycles. The number of nitrogens with zero attached hydrogens (tertiary/aromatic N) is 4. The van der Waals surface area contributed by atoms with Crippen molar-refractivity contribution in [3.63, 3.8) is 0 Å². The molecule has 3 aliphatic rings. The summed E-state index contributed by atoms with van der Waals surface area (Å²) in [7, 11) is 0. The first-order valence-electron chi connectivity index (χ1n) is 14.8. The minimum Gasteiger partial charge on any atom is -0.286 e. The number of fused-ring (bicyclic) bond motifs is 10. The van der Waals surface area contributed by atoms with Crippen LogP contribution in [0.25, 0.3) is 21.8 Å². The van der Waals surface area contributed by atoms with Crippen molar-refractivity contribution < 1.29 is 0 Å². The molecule has 3 aromatic heterocycles. The van der Waals surface area contributed by atoms with Crippen molar-refractivity contribution in [3.05, 3.63) is 69.0 Å². The first-order chi connectivity index (χ1) is 19.1. The Morgan fingerprint density at radius 2 is 1.31 bits per heavy atom. The summed E-state index contributed by atoms with van der Waals surface area (Å²) in [6.07, 6.45) is 14.1. The number of rotatable bonds is 0. The standard InChI is InChI=1S/C31H37N7O/c32-28-20-12-6-2-1-3-8-16-24(20)35-25-18-11-19-26-22(15-10-14-21(25)29(33)37(28)35)30(34)38-31(39)23-13-7-4-5-9-17-27(23)36(26)38/h10-11,14-15,18-20,24,32-34H,1-9,12-13,16-17H2. The number of nitrogens with one attached hydrogen (secondary N) is 3. The van der Waals surface area contributed by atoms with Crippen LogP contribution in [0.3, 0.4) is 0 Å². The lowest BCUT2D eigenvalue weighted by Crippen LogP contribution is -2.25. The Kier molecular flexibility index (Phi) is 5.94. The second-order valence-electron chi connectivity index (χ2n) is 11.7. The van der Waals surface area contributed by atoms with E-state index in [4.69, 9.17) is 16.2 Å². The van der Waals surface area contributed by atoms with Gasteiger partial charge in [0, 0.05) is 22.3 Å². The molecule has 2 unspecified atom stereocenters. The van der Waals surface area contributed by atoms with Crippen LogP contribution in [0.2, 0.25) is 0 Å². The Balaban J connectivity index is 1.48. The van der Waals surface area contributed by atoms with Gasteiger partial charge in [-0.15, -0.1) is 0 Å². The maximum atomic E-state index is 13.4. The lowest BCUT2D eigenvalue weighted by atomic mass is 9.91. The molecule has 2 atom stereocenters. The highest BCUT2D eigenvalue weighted by atomic mass is 16.1. The Labute approximate surface area is 226 Å². The maximum Gasteiger partial charge on any atom is 0.276 e. The van der Waals surface area contributed by atoms with Crippen molar-refractivity contribution in [3.8, 4) is 0 Å². The third kappa shape index (κ3) is 3.63. The zero-order valence-corrected chi connectivity index (χ0v) is 22.5. The van der Waals surface area contributed by atoms with Crippen LogP contribution in [0.4, 0.5) is 0 Å². The Morgan fingerprint density at radius 1 is 0.667 bits per heavy atom. The SMILES string of the molecule is N=C1C2CCCCCCCC2n2c3cccc4c(cccc3c(=N)n21)c(=N)n1c(=O)c2c(n41)CCCCCC2. The number of aromatic nitrogens is 4. The molecule has 0 amide bonds. The summed E-state index contributed by atoms with van der Waals surface area (Å²) >= 11 is 0. The fourth-order valence-electron chi connectivity index (χ4n) is 7.52. The van der Waals surface area contributed by atoms with Gasteiger partial charge in [0.15, 0.2) is 11.0 Å². The summed E-state index contributed by atoms with van der Waals surface area (Å²) in [5.74, 6) is 0.723. The lowest BCUT2D eigenvalue weighted by Gasteiger charge is -2.19. The molecule has 0 saturated heterocycles. The van der Waals surface area contributed by atoms with E-state index in [-0.39, 0.29) is 23.0 Å². The minimum atomic E-state index is -0.0473. The first kappa shape index (κ1) is 24.4. The number of aryl methyl sites for hydroxylation is 1. The molecule has 3 N–H and O–H groups in total. The molecule has 39 heavy (non-hydrogen) atoms. The summed E-state index contributed by atoms with van der Waals surface area (Å²) in [5, 5.41) is 28.5. The van der Waals surface area contributed by atoms with Gasteiger partial charge in [0.05, 0.1) is 22.8 Å². The topological polar surface area (TPSA) is 107 Å². The second-order valence-corrected chi connectivity index (χ2v) is 11.7. The first-order valence-corrected chi connectivity index (χ1v) is 14.8. The molecule has 8 nitrogen and oxygen atoms in total. The van der Waals surface area contributed by atoms with Gasteiger partial charge in [-0.25, -0.2) is 9.20 Å². The van der Waals surface area contributed by atoms with E-state index in [1.807, 2.05) is 39.5 Å². The van der Waals surface area contributed by atoms with E-state index in [1.165, 1.54) is 25.7 Å². The van der Waals surface area contributed by atoms with Crippen LogP contribution >= 0.6 is 0 Å². The third-order valence-electron chi connectivity index (χ3n) is 9.43. The van der Waals surface area contributed by atoms with Gasteiger partial charge < -0.3 is 0 Å². The molecule has 1 fully saturated rings. The highest BCUT2D eigenvalue weighted by molar-refractivity contribution is 5.91. The fourth-order valence-corrected chi connectivity index (χ4v) is 7.52. The van der Waals surface area contributed by atoms with Gasteiger partial charge in [-0.1, -0.05) is 57.1 Å². The summed E-state index contributed by atoms with van der Waals surface area (Å²) < 4.78 is 7.61.